The minimum absolute atomic E-state index is 0.272. The van der Waals surface area contributed by atoms with Crippen LogP contribution in [0.1, 0.15) is 41.5 Å². The summed E-state index contributed by atoms with van der Waals surface area (Å²) in [5.41, 5.74) is 0. The van der Waals surface area contributed by atoms with Gasteiger partial charge in [0.1, 0.15) is 0 Å². The van der Waals surface area contributed by atoms with Gasteiger partial charge < -0.3 is 32.5 Å². The third kappa shape index (κ3) is 23.7. The van der Waals surface area contributed by atoms with Gasteiger partial charge in [0.15, 0.2) is 0 Å². The summed E-state index contributed by atoms with van der Waals surface area (Å²) in [4.78, 5) is 4.46. The fourth-order valence-electron chi connectivity index (χ4n) is 3.36. The fourth-order valence-corrected chi connectivity index (χ4v) is 7.38. The molecule has 0 aliphatic carbocycles. The van der Waals surface area contributed by atoms with Gasteiger partial charge in [0.05, 0.1) is 52.0 Å². The Kier molecular flexibility index (Phi) is 30.5. The summed E-state index contributed by atoms with van der Waals surface area (Å²) in [5, 5.41) is 0. The van der Waals surface area contributed by atoms with Crippen LogP contribution in [0.3, 0.4) is 0 Å². The lowest BCUT2D eigenvalue weighted by atomic mass is 10.5. The lowest BCUT2D eigenvalue weighted by molar-refractivity contribution is 0.115. The van der Waals surface area contributed by atoms with Crippen molar-refractivity contribution in [2.75, 3.05) is 117 Å². The minimum atomic E-state index is -3.12. The SMILES string of the molecule is CCOCCN(CCP(=O)(OCC)OCC)CCP(=O)(OCC)OCC.CCOCCN(CCP)CCP. The van der Waals surface area contributed by atoms with E-state index in [4.69, 9.17) is 27.6 Å². The van der Waals surface area contributed by atoms with Crippen LogP contribution in [0.4, 0.5) is 0 Å². The summed E-state index contributed by atoms with van der Waals surface area (Å²) in [6.45, 7) is 20.3. The van der Waals surface area contributed by atoms with Crippen LogP contribution >= 0.6 is 33.7 Å². The highest BCUT2D eigenvalue weighted by Crippen LogP contribution is 2.49. The van der Waals surface area contributed by atoms with Crippen LogP contribution < -0.4 is 0 Å². The number of nitrogens with zero attached hydrogens (tertiary/aromatic N) is 2. The molecule has 0 bridgehead atoms. The second kappa shape index (κ2) is 28.1. The van der Waals surface area contributed by atoms with Gasteiger partial charge in [0.25, 0.3) is 0 Å². The van der Waals surface area contributed by atoms with Gasteiger partial charge in [-0.3, -0.25) is 14.0 Å². The Labute approximate surface area is 238 Å². The second-order valence-electron chi connectivity index (χ2n) is 7.99. The zero-order valence-electron chi connectivity index (χ0n) is 24.9. The molecule has 0 spiro atoms. The highest BCUT2D eigenvalue weighted by atomic mass is 31.2. The summed E-state index contributed by atoms with van der Waals surface area (Å²) in [7, 11) is -0.709. The van der Waals surface area contributed by atoms with Crippen molar-refractivity contribution < 1.29 is 36.7 Å². The maximum Gasteiger partial charge on any atom is 0.331 e. The van der Waals surface area contributed by atoms with Crippen molar-refractivity contribution in [3.8, 4) is 0 Å². The first-order valence-electron chi connectivity index (χ1n) is 14.0. The normalized spacial score (nSPS) is 12.3. The standard InChI is InChI=1S/C16H37NO7P2.C8H21NOP2/c1-6-20-14-11-17(12-15-25(18,21-7-2)22-8-3)13-16-26(19,23-9-4)24-10-5;1-2-10-6-3-9(4-7-11)5-8-12/h6-16H2,1-5H3;2-8,11-12H2,1H3. The van der Waals surface area contributed by atoms with E-state index < -0.39 is 15.2 Å². The van der Waals surface area contributed by atoms with E-state index in [1.54, 1.807) is 27.7 Å². The van der Waals surface area contributed by atoms with Crippen molar-refractivity contribution in [3.63, 3.8) is 0 Å². The first kappa shape index (κ1) is 41.1. The van der Waals surface area contributed by atoms with Gasteiger partial charge >= 0.3 is 15.2 Å². The summed E-state index contributed by atoms with van der Waals surface area (Å²) in [6, 6.07) is 0. The van der Waals surface area contributed by atoms with Crippen molar-refractivity contribution >= 4 is 33.7 Å². The summed E-state index contributed by atoms with van der Waals surface area (Å²) in [5.74, 6) is 0. The topological polar surface area (TPSA) is 96.0 Å². The summed E-state index contributed by atoms with van der Waals surface area (Å²) in [6.07, 6.45) is 2.84. The maximum atomic E-state index is 12.6. The average Bonchev–Trinajstić information content (AvgIpc) is 2.87. The highest BCUT2D eigenvalue weighted by Gasteiger charge is 2.27. The van der Waals surface area contributed by atoms with Crippen molar-refractivity contribution in [2.45, 2.75) is 41.5 Å². The lowest BCUT2D eigenvalue weighted by Gasteiger charge is -2.26. The number of hydrogen-bond donors (Lipinski definition) is 0. The van der Waals surface area contributed by atoms with E-state index in [1.165, 1.54) is 0 Å². The first-order chi connectivity index (χ1) is 18.2. The third-order valence-corrected chi connectivity index (χ3v) is 9.70. The molecule has 0 heterocycles. The van der Waals surface area contributed by atoms with Gasteiger partial charge in [-0.15, -0.1) is 18.5 Å². The molecule has 0 radical (unpaired) electrons. The molecular formula is C24H58N2O8P4. The Bertz CT molecular complexity index is 548. The first-order valence-corrected chi connectivity index (χ1v) is 19.1. The molecule has 0 saturated carbocycles. The van der Waals surface area contributed by atoms with Crippen LogP contribution in [-0.2, 0) is 36.7 Å². The molecule has 0 aromatic rings. The number of hydrogen-bond acceptors (Lipinski definition) is 10. The highest BCUT2D eigenvalue weighted by molar-refractivity contribution is 7.54. The quantitative estimate of drug-likeness (QED) is 0.0972. The van der Waals surface area contributed by atoms with E-state index in [1.807, 2.05) is 18.7 Å². The molecule has 2 atom stereocenters. The van der Waals surface area contributed by atoms with Crippen molar-refractivity contribution in [3.05, 3.63) is 0 Å². The van der Waals surface area contributed by atoms with Crippen LogP contribution in [0, 0.1) is 0 Å². The minimum Gasteiger partial charge on any atom is -0.380 e. The Morgan fingerprint density at radius 1 is 0.500 bits per heavy atom. The van der Waals surface area contributed by atoms with Crippen LogP contribution in [0.25, 0.3) is 0 Å². The predicted molar refractivity (Wildman–Crippen MR) is 166 cm³/mol. The monoisotopic (exact) mass is 626 g/mol. The molecule has 0 aromatic heterocycles. The molecule has 0 aromatic carbocycles. The van der Waals surface area contributed by atoms with E-state index in [0.29, 0.717) is 59.3 Å². The molecule has 0 amide bonds. The molecule has 14 heteroatoms. The molecule has 0 aliphatic heterocycles. The van der Waals surface area contributed by atoms with E-state index in [-0.39, 0.29) is 12.3 Å². The van der Waals surface area contributed by atoms with Gasteiger partial charge in [-0.2, -0.15) is 0 Å². The molecule has 0 rings (SSSR count). The molecule has 2 unspecified atom stereocenters. The summed E-state index contributed by atoms with van der Waals surface area (Å²) >= 11 is 0. The summed E-state index contributed by atoms with van der Waals surface area (Å²) < 4.78 is 57.4. The number of ether oxygens (including phenoxy) is 2. The molecule has 0 N–H and O–H groups in total. The lowest BCUT2D eigenvalue weighted by Crippen LogP contribution is -2.33. The van der Waals surface area contributed by atoms with Gasteiger partial charge in [0, 0.05) is 52.5 Å². The Morgan fingerprint density at radius 2 is 0.816 bits per heavy atom. The van der Waals surface area contributed by atoms with E-state index >= 15 is 0 Å². The third-order valence-electron chi connectivity index (χ3n) is 5.09. The Balaban J connectivity index is 0. The van der Waals surface area contributed by atoms with Gasteiger partial charge in [-0.05, 0) is 53.9 Å². The average molecular weight is 627 g/mol. The van der Waals surface area contributed by atoms with Gasteiger partial charge in [0.2, 0.25) is 0 Å². The molecule has 0 fully saturated rings. The van der Waals surface area contributed by atoms with Crippen molar-refractivity contribution in [1.82, 2.24) is 9.80 Å². The molecular weight excluding hydrogens is 568 g/mol. The van der Waals surface area contributed by atoms with Crippen LogP contribution in [-0.4, -0.2) is 127 Å². The van der Waals surface area contributed by atoms with Gasteiger partial charge in [-0.25, -0.2) is 0 Å². The maximum absolute atomic E-state index is 12.6. The molecule has 0 aliphatic rings. The fraction of sp³-hybridized carbons (Fsp3) is 1.00. The Morgan fingerprint density at radius 3 is 1.08 bits per heavy atom. The zero-order valence-corrected chi connectivity index (χ0v) is 29.0. The van der Waals surface area contributed by atoms with Gasteiger partial charge in [-0.1, -0.05) is 0 Å². The molecule has 10 nitrogen and oxygen atoms in total. The Hall–Kier alpha value is 1.00. The van der Waals surface area contributed by atoms with E-state index in [9.17, 15) is 9.13 Å². The smallest absolute Gasteiger partial charge is 0.331 e. The number of rotatable bonds is 26. The van der Waals surface area contributed by atoms with Crippen LogP contribution in [0.5, 0.6) is 0 Å². The largest absolute Gasteiger partial charge is 0.380 e. The van der Waals surface area contributed by atoms with E-state index in [0.717, 1.165) is 45.2 Å². The van der Waals surface area contributed by atoms with Crippen LogP contribution in [0.15, 0.2) is 0 Å². The molecule has 0 saturated heterocycles. The second-order valence-corrected chi connectivity index (χ2v) is 13.5. The zero-order chi connectivity index (χ0) is 29.1. The van der Waals surface area contributed by atoms with Crippen molar-refractivity contribution in [2.24, 2.45) is 0 Å². The van der Waals surface area contributed by atoms with Crippen LogP contribution in [0.2, 0.25) is 0 Å². The molecule has 232 valence electrons. The van der Waals surface area contributed by atoms with E-state index in [2.05, 4.69) is 23.4 Å². The van der Waals surface area contributed by atoms with Crippen molar-refractivity contribution in [1.29, 1.82) is 0 Å². The predicted octanol–water partition coefficient (Wildman–Crippen LogP) is 4.93. The molecule has 38 heavy (non-hydrogen) atoms.